The van der Waals surface area contributed by atoms with Crippen molar-refractivity contribution in [2.24, 2.45) is 7.05 Å². The molecule has 2 heterocycles. The Kier molecular flexibility index (Phi) is 5.94. The fourth-order valence-electron chi connectivity index (χ4n) is 3.14. The van der Waals surface area contributed by atoms with Crippen LogP contribution in [-0.4, -0.2) is 60.7 Å². The molecule has 0 atom stereocenters. The normalized spacial score (nSPS) is 12.2. The Balaban J connectivity index is 2.37. The van der Waals surface area contributed by atoms with Crippen LogP contribution in [0, 0.1) is 0 Å². The molecule has 32 heavy (non-hydrogen) atoms. The molecular formula is C20H21F3N4O4S. The zero-order valence-corrected chi connectivity index (χ0v) is 18.8. The predicted molar refractivity (Wildman–Crippen MR) is 111 cm³/mol. The van der Waals surface area contributed by atoms with Crippen LogP contribution in [0.15, 0.2) is 29.2 Å². The Morgan fingerprint density at radius 2 is 1.84 bits per heavy atom. The number of aromatic nitrogens is 3. The van der Waals surface area contributed by atoms with Gasteiger partial charge >= 0.3 is 6.18 Å². The molecule has 0 spiro atoms. The summed E-state index contributed by atoms with van der Waals surface area (Å²) in [5, 5.41) is 0. The number of pyridine rings is 1. The summed E-state index contributed by atoms with van der Waals surface area (Å²) in [7, 11) is 0.647. The van der Waals surface area contributed by atoms with Gasteiger partial charge < -0.3 is 14.2 Å². The lowest BCUT2D eigenvalue weighted by molar-refractivity contribution is -0.137. The third-order valence-electron chi connectivity index (χ3n) is 4.68. The standard InChI is InChI=1S/C20H21F3N4O4S/c1-6-31-14-10-15(32(5,29)30)17(25-16(14)19(28)26(2)3)18-24-12-9-11(20(21,22)23)7-8-13(12)27(18)4/h7-10H,6H2,1-5H3. The number of carbonyl (C=O) groups is 1. The van der Waals surface area contributed by atoms with Gasteiger partial charge in [0.15, 0.2) is 27.1 Å². The highest BCUT2D eigenvalue weighted by molar-refractivity contribution is 7.90. The summed E-state index contributed by atoms with van der Waals surface area (Å²) >= 11 is 0. The van der Waals surface area contributed by atoms with E-state index in [4.69, 9.17) is 4.74 Å². The van der Waals surface area contributed by atoms with Gasteiger partial charge in [-0.2, -0.15) is 13.2 Å². The Hall–Kier alpha value is -3.15. The van der Waals surface area contributed by atoms with Crippen LogP contribution in [-0.2, 0) is 23.1 Å². The molecule has 3 aromatic rings. The van der Waals surface area contributed by atoms with Crippen LogP contribution in [0.2, 0.25) is 0 Å². The number of imidazole rings is 1. The SMILES string of the molecule is CCOc1cc(S(C)(=O)=O)c(-c2nc3cc(C(F)(F)F)ccc3n2C)nc1C(=O)N(C)C. The minimum Gasteiger partial charge on any atom is -0.491 e. The van der Waals surface area contributed by atoms with Crippen molar-refractivity contribution in [1.82, 2.24) is 19.4 Å². The van der Waals surface area contributed by atoms with Crippen LogP contribution in [0.1, 0.15) is 23.0 Å². The van der Waals surface area contributed by atoms with Crippen LogP contribution in [0.5, 0.6) is 5.75 Å². The van der Waals surface area contributed by atoms with Gasteiger partial charge in [0.1, 0.15) is 5.69 Å². The van der Waals surface area contributed by atoms with Crippen molar-refractivity contribution >= 4 is 26.8 Å². The first-order valence-electron chi connectivity index (χ1n) is 9.39. The molecular weight excluding hydrogens is 449 g/mol. The first kappa shape index (κ1) is 23.5. The highest BCUT2D eigenvalue weighted by atomic mass is 32.2. The number of ether oxygens (including phenoxy) is 1. The van der Waals surface area contributed by atoms with Gasteiger partial charge in [0.2, 0.25) is 0 Å². The van der Waals surface area contributed by atoms with Crippen molar-refractivity contribution < 1.29 is 31.1 Å². The summed E-state index contributed by atoms with van der Waals surface area (Å²) < 4.78 is 71.3. The molecule has 1 amide bonds. The summed E-state index contributed by atoms with van der Waals surface area (Å²) in [5.74, 6) is -0.558. The molecule has 2 aromatic heterocycles. The van der Waals surface area contributed by atoms with E-state index in [1.807, 2.05) is 0 Å². The number of carbonyl (C=O) groups excluding carboxylic acids is 1. The number of aryl methyl sites for hydroxylation is 1. The average molecular weight is 470 g/mol. The molecule has 0 bridgehead atoms. The Labute approximate surface area is 182 Å². The topological polar surface area (TPSA) is 94.4 Å². The van der Waals surface area contributed by atoms with Gasteiger partial charge in [-0.25, -0.2) is 18.4 Å². The van der Waals surface area contributed by atoms with Crippen molar-refractivity contribution in [3.63, 3.8) is 0 Å². The Bertz CT molecular complexity index is 1310. The molecule has 0 fully saturated rings. The fraction of sp³-hybridized carbons (Fsp3) is 0.350. The third kappa shape index (κ3) is 4.27. The second kappa shape index (κ2) is 8.08. The number of benzene rings is 1. The molecule has 0 N–H and O–H groups in total. The third-order valence-corrected chi connectivity index (χ3v) is 5.79. The summed E-state index contributed by atoms with van der Waals surface area (Å²) in [6, 6.07) is 4.23. The molecule has 0 unspecified atom stereocenters. The van der Waals surface area contributed by atoms with Gasteiger partial charge in [-0.3, -0.25) is 4.79 Å². The van der Waals surface area contributed by atoms with Gasteiger partial charge in [0, 0.05) is 33.5 Å². The summed E-state index contributed by atoms with van der Waals surface area (Å²) in [5.41, 5.74) is -0.839. The van der Waals surface area contributed by atoms with Crippen LogP contribution in [0.4, 0.5) is 13.2 Å². The summed E-state index contributed by atoms with van der Waals surface area (Å²) in [4.78, 5) is 22.2. The van der Waals surface area contributed by atoms with E-state index in [2.05, 4.69) is 9.97 Å². The van der Waals surface area contributed by atoms with Crippen LogP contribution in [0.3, 0.4) is 0 Å². The molecule has 0 aliphatic heterocycles. The number of sulfone groups is 1. The zero-order valence-electron chi connectivity index (χ0n) is 18.0. The smallest absolute Gasteiger partial charge is 0.416 e. The molecule has 172 valence electrons. The van der Waals surface area contributed by atoms with Gasteiger partial charge in [0.05, 0.1) is 28.1 Å². The highest BCUT2D eigenvalue weighted by Crippen LogP contribution is 2.35. The maximum absolute atomic E-state index is 13.1. The lowest BCUT2D eigenvalue weighted by Crippen LogP contribution is -2.24. The van der Waals surface area contributed by atoms with Crippen LogP contribution in [0.25, 0.3) is 22.6 Å². The van der Waals surface area contributed by atoms with Crippen LogP contribution >= 0.6 is 0 Å². The molecule has 0 aliphatic carbocycles. The lowest BCUT2D eigenvalue weighted by Gasteiger charge is -2.17. The number of hydrogen-bond donors (Lipinski definition) is 0. The molecule has 12 heteroatoms. The van der Waals surface area contributed by atoms with E-state index in [0.717, 1.165) is 18.4 Å². The minimum absolute atomic E-state index is 0.00407. The van der Waals surface area contributed by atoms with E-state index in [9.17, 15) is 26.4 Å². The van der Waals surface area contributed by atoms with Crippen molar-refractivity contribution in [2.45, 2.75) is 18.0 Å². The van der Waals surface area contributed by atoms with Gasteiger partial charge in [-0.05, 0) is 25.1 Å². The number of alkyl halides is 3. The molecule has 0 saturated heterocycles. The average Bonchev–Trinajstić information content (AvgIpc) is 3.02. The van der Waals surface area contributed by atoms with Crippen molar-refractivity contribution in [3.05, 3.63) is 35.5 Å². The van der Waals surface area contributed by atoms with Crippen molar-refractivity contribution in [2.75, 3.05) is 27.0 Å². The minimum atomic E-state index is -4.56. The van der Waals surface area contributed by atoms with Gasteiger partial charge in [0.25, 0.3) is 5.91 Å². The van der Waals surface area contributed by atoms with E-state index in [0.29, 0.717) is 5.52 Å². The quantitative estimate of drug-likeness (QED) is 0.569. The fourth-order valence-corrected chi connectivity index (χ4v) is 3.95. The second-order valence-electron chi connectivity index (χ2n) is 7.28. The maximum Gasteiger partial charge on any atom is 0.416 e. The van der Waals surface area contributed by atoms with Crippen molar-refractivity contribution in [1.29, 1.82) is 0 Å². The molecule has 3 rings (SSSR count). The Morgan fingerprint density at radius 3 is 2.38 bits per heavy atom. The van der Waals surface area contributed by atoms with E-state index in [1.54, 1.807) is 6.92 Å². The number of amides is 1. The van der Waals surface area contributed by atoms with Gasteiger partial charge in [-0.1, -0.05) is 0 Å². The van der Waals surface area contributed by atoms with Crippen LogP contribution < -0.4 is 4.74 Å². The number of rotatable bonds is 5. The molecule has 1 aromatic carbocycles. The van der Waals surface area contributed by atoms with E-state index >= 15 is 0 Å². The summed E-state index contributed by atoms with van der Waals surface area (Å²) in [6.45, 7) is 1.83. The molecule has 0 aliphatic rings. The second-order valence-corrected chi connectivity index (χ2v) is 9.27. The predicted octanol–water partition coefficient (Wildman–Crippen LogP) is 3.16. The first-order chi connectivity index (χ1) is 14.8. The van der Waals surface area contributed by atoms with Gasteiger partial charge in [-0.15, -0.1) is 0 Å². The number of hydrogen-bond acceptors (Lipinski definition) is 6. The molecule has 0 radical (unpaired) electrons. The zero-order chi connectivity index (χ0) is 24.0. The molecule has 8 nitrogen and oxygen atoms in total. The van der Waals surface area contributed by atoms with Crippen molar-refractivity contribution in [3.8, 4) is 17.3 Å². The lowest BCUT2D eigenvalue weighted by atomic mass is 10.2. The summed E-state index contributed by atoms with van der Waals surface area (Å²) in [6.07, 6.45) is -3.60. The van der Waals surface area contributed by atoms with E-state index in [1.165, 1.54) is 42.7 Å². The number of halogens is 3. The number of fused-ring (bicyclic) bond motifs is 1. The number of nitrogens with zero attached hydrogens (tertiary/aromatic N) is 4. The first-order valence-corrected chi connectivity index (χ1v) is 11.3. The highest BCUT2D eigenvalue weighted by Gasteiger charge is 2.32. The maximum atomic E-state index is 13.1. The van der Waals surface area contributed by atoms with E-state index < -0.39 is 27.5 Å². The molecule has 0 saturated carbocycles. The monoisotopic (exact) mass is 470 g/mol. The van der Waals surface area contributed by atoms with E-state index in [-0.39, 0.29) is 40.0 Å². The largest absolute Gasteiger partial charge is 0.491 e. The Morgan fingerprint density at radius 1 is 1.19 bits per heavy atom.